The third-order valence-electron chi connectivity index (χ3n) is 4.21. The van der Waals surface area contributed by atoms with Gasteiger partial charge in [0.25, 0.3) is 5.91 Å². The molecule has 2 aromatic carbocycles. The van der Waals surface area contributed by atoms with Crippen molar-refractivity contribution in [3.8, 4) is 0 Å². The van der Waals surface area contributed by atoms with E-state index in [1.165, 1.54) is 18.7 Å². The van der Waals surface area contributed by atoms with Gasteiger partial charge in [-0.15, -0.1) is 0 Å². The summed E-state index contributed by atoms with van der Waals surface area (Å²) in [5.74, 6) is -0.274. The van der Waals surface area contributed by atoms with Crippen LogP contribution in [0.2, 0.25) is 0 Å². The van der Waals surface area contributed by atoms with Gasteiger partial charge < -0.3 is 10.2 Å². The number of rotatable bonds is 3. The molecule has 1 aliphatic heterocycles. The molecule has 0 fully saturated rings. The first-order valence-corrected chi connectivity index (χ1v) is 7.26. The van der Waals surface area contributed by atoms with Gasteiger partial charge in [-0.25, -0.2) is 0 Å². The highest BCUT2D eigenvalue weighted by Gasteiger charge is 2.56. The van der Waals surface area contributed by atoms with Crippen LogP contribution in [0.15, 0.2) is 54.6 Å². The Labute approximate surface area is 129 Å². The van der Waals surface area contributed by atoms with Crippen LogP contribution in [0.4, 0.5) is 0 Å². The Balaban J connectivity index is 2.11. The Bertz CT molecular complexity index is 706. The molecule has 0 aliphatic carbocycles. The molecule has 0 spiro atoms. The summed E-state index contributed by atoms with van der Waals surface area (Å²) in [5.41, 5.74) is -1.47. The van der Waals surface area contributed by atoms with E-state index in [2.05, 4.69) is 0 Å². The first kappa shape index (κ1) is 14.8. The lowest BCUT2D eigenvalue weighted by Crippen LogP contribution is -2.57. The van der Waals surface area contributed by atoms with Crippen LogP contribution in [0.5, 0.6) is 0 Å². The number of nitrogens with zero attached hydrogens (tertiary/aromatic N) is 1. The van der Waals surface area contributed by atoms with E-state index in [9.17, 15) is 15.0 Å². The van der Waals surface area contributed by atoms with Gasteiger partial charge in [0.15, 0.2) is 5.72 Å². The molecule has 1 aliphatic rings. The minimum Gasteiger partial charge on any atom is -0.385 e. The third kappa shape index (κ3) is 2.03. The number of amides is 1. The first-order valence-electron chi connectivity index (χ1n) is 7.26. The second-order valence-corrected chi connectivity index (χ2v) is 6.15. The molecular weight excluding hydrogens is 278 g/mol. The Kier molecular flexibility index (Phi) is 3.31. The lowest BCUT2D eigenvalue weighted by atomic mass is 9.87. The minimum absolute atomic E-state index is 0.231. The van der Waals surface area contributed by atoms with E-state index < -0.39 is 11.3 Å². The molecule has 1 unspecified atom stereocenters. The second-order valence-electron chi connectivity index (χ2n) is 6.15. The van der Waals surface area contributed by atoms with Crippen molar-refractivity contribution < 1.29 is 15.0 Å². The fourth-order valence-corrected chi connectivity index (χ4v) is 3.02. The summed E-state index contributed by atoms with van der Waals surface area (Å²) < 4.78 is 0. The van der Waals surface area contributed by atoms with Gasteiger partial charge in [-0.2, -0.15) is 0 Å². The number of carbonyl (C=O) groups excluding carboxylic acids is 1. The lowest BCUT2D eigenvalue weighted by Gasteiger charge is -2.42. The molecule has 4 nitrogen and oxygen atoms in total. The van der Waals surface area contributed by atoms with Crippen LogP contribution in [0.1, 0.15) is 35.3 Å². The van der Waals surface area contributed by atoms with E-state index in [1.54, 1.807) is 24.3 Å². The van der Waals surface area contributed by atoms with Crippen LogP contribution < -0.4 is 0 Å². The molecule has 0 saturated carbocycles. The zero-order valence-corrected chi connectivity index (χ0v) is 12.7. The summed E-state index contributed by atoms with van der Waals surface area (Å²) in [4.78, 5) is 14.1. The van der Waals surface area contributed by atoms with E-state index >= 15 is 0 Å². The standard InChI is InChI=1S/C18H19NO3/c1-17(2,21)18(22)15-11-7-6-10-14(15)16(20)19(18)12-13-8-4-3-5-9-13/h3-11,21-22H,12H2,1-2H3. The van der Waals surface area contributed by atoms with Crippen molar-refractivity contribution in [3.63, 3.8) is 0 Å². The van der Waals surface area contributed by atoms with Crippen LogP contribution in [-0.2, 0) is 12.3 Å². The lowest BCUT2D eigenvalue weighted by molar-refractivity contribution is -0.208. The fourth-order valence-electron chi connectivity index (χ4n) is 3.02. The second kappa shape index (κ2) is 4.93. The molecule has 4 heteroatoms. The summed E-state index contributed by atoms with van der Waals surface area (Å²) in [7, 11) is 0. The fraction of sp³-hybridized carbons (Fsp3) is 0.278. The number of benzene rings is 2. The predicted octanol–water partition coefficient (Wildman–Crippen LogP) is 2.26. The zero-order valence-electron chi connectivity index (χ0n) is 12.7. The van der Waals surface area contributed by atoms with Crippen molar-refractivity contribution in [2.45, 2.75) is 31.7 Å². The first-order chi connectivity index (χ1) is 10.4. The van der Waals surface area contributed by atoms with Crippen molar-refractivity contribution in [1.82, 2.24) is 4.90 Å². The topological polar surface area (TPSA) is 60.8 Å². The minimum atomic E-state index is -1.75. The van der Waals surface area contributed by atoms with E-state index in [0.29, 0.717) is 11.1 Å². The molecule has 0 radical (unpaired) electrons. The molecule has 3 rings (SSSR count). The molecule has 2 aromatic rings. The molecule has 1 atom stereocenters. The highest BCUT2D eigenvalue weighted by Crippen LogP contribution is 2.44. The van der Waals surface area contributed by atoms with Crippen LogP contribution in [0.3, 0.4) is 0 Å². The number of aliphatic hydroxyl groups is 2. The maximum Gasteiger partial charge on any atom is 0.257 e. The van der Waals surface area contributed by atoms with Gasteiger partial charge in [-0.3, -0.25) is 9.69 Å². The van der Waals surface area contributed by atoms with Crippen LogP contribution in [0.25, 0.3) is 0 Å². The number of carbonyl (C=O) groups is 1. The molecule has 0 aromatic heterocycles. The van der Waals surface area contributed by atoms with Crippen molar-refractivity contribution >= 4 is 5.91 Å². The number of hydrogen-bond donors (Lipinski definition) is 2. The van der Waals surface area contributed by atoms with Crippen molar-refractivity contribution in [1.29, 1.82) is 0 Å². The van der Waals surface area contributed by atoms with E-state index in [1.807, 2.05) is 30.3 Å². The number of hydrogen-bond acceptors (Lipinski definition) is 3. The predicted molar refractivity (Wildman–Crippen MR) is 83.0 cm³/mol. The smallest absolute Gasteiger partial charge is 0.257 e. The van der Waals surface area contributed by atoms with Gasteiger partial charge in [-0.1, -0.05) is 48.5 Å². The van der Waals surface area contributed by atoms with E-state index in [0.717, 1.165) is 5.56 Å². The van der Waals surface area contributed by atoms with Crippen molar-refractivity contribution in [2.24, 2.45) is 0 Å². The Morgan fingerprint density at radius 2 is 1.64 bits per heavy atom. The van der Waals surface area contributed by atoms with Gasteiger partial charge in [-0.05, 0) is 25.5 Å². The molecule has 1 amide bonds. The van der Waals surface area contributed by atoms with Gasteiger partial charge in [0.2, 0.25) is 0 Å². The highest BCUT2D eigenvalue weighted by molar-refractivity contribution is 5.99. The molecule has 1 heterocycles. The maximum absolute atomic E-state index is 12.7. The molecular formula is C18H19NO3. The summed E-state index contributed by atoms with van der Waals surface area (Å²) in [6.45, 7) is 3.26. The maximum atomic E-state index is 12.7. The van der Waals surface area contributed by atoms with Crippen molar-refractivity contribution in [2.75, 3.05) is 0 Å². The molecule has 0 bridgehead atoms. The third-order valence-corrected chi connectivity index (χ3v) is 4.21. The van der Waals surface area contributed by atoms with Crippen LogP contribution in [0, 0.1) is 0 Å². The quantitative estimate of drug-likeness (QED) is 0.913. The molecule has 0 saturated heterocycles. The summed E-state index contributed by atoms with van der Waals surface area (Å²) in [6.07, 6.45) is 0. The SMILES string of the molecule is CC(C)(O)C1(O)c2ccccc2C(=O)N1Cc1ccccc1. The highest BCUT2D eigenvalue weighted by atomic mass is 16.4. The van der Waals surface area contributed by atoms with Gasteiger partial charge in [0.1, 0.15) is 5.60 Å². The van der Waals surface area contributed by atoms with E-state index in [4.69, 9.17) is 0 Å². The Morgan fingerprint density at radius 3 is 2.27 bits per heavy atom. The monoisotopic (exact) mass is 297 g/mol. The largest absolute Gasteiger partial charge is 0.385 e. The average Bonchev–Trinajstić information content (AvgIpc) is 2.72. The zero-order chi connectivity index (χ0) is 16.0. The molecule has 114 valence electrons. The van der Waals surface area contributed by atoms with Crippen molar-refractivity contribution in [3.05, 3.63) is 71.3 Å². The molecule has 22 heavy (non-hydrogen) atoms. The van der Waals surface area contributed by atoms with Crippen LogP contribution >= 0.6 is 0 Å². The molecule has 2 N–H and O–H groups in total. The van der Waals surface area contributed by atoms with Gasteiger partial charge >= 0.3 is 0 Å². The van der Waals surface area contributed by atoms with Crippen LogP contribution in [-0.4, -0.2) is 26.6 Å². The van der Waals surface area contributed by atoms with Gasteiger partial charge in [0.05, 0.1) is 0 Å². The summed E-state index contributed by atoms with van der Waals surface area (Å²) >= 11 is 0. The normalized spacial score (nSPS) is 21.1. The Morgan fingerprint density at radius 1 is 1.05 bits per heavy atom. The van der Waals surface area contributed by atoms with E-state index in [-0.39, 0.29) is 12.5 Å². The average molecular weight is 297 g/mol. The number of fused-ring (bicyclic) bond motifs is 1. The Hall–Kier alpha value is -2.17. The van der Waals surface area contributed by atoms with Gasteiger partial charge in [0, 0.05) is 17.7 Å². The summed E-state index contributed by atoms with van der Waals surface area (Å²) in [5, 5.41) is 21.8. The summed E-state index contributed by atoms with van der Waals surface area (Å²) in [6, 6.07) is 16.3.